The van der Waals surface area contributed by atoms with Crippen LogP contribution in [0.25, 0.3) is 0 Å². The van der Waals surface area contributed by atoms with E-state index in [4.69, 9.17) is 14.6 Å². The Morgan fingerprint density at radius 2 is 2.06 bits per heavy atom. The first-order valence-corrected chi connectivity index (χ1v) is 4.77. The minimum absolute atomic E-state index is 0.147. The maximum Gasteiger partial charge on any atom is 0.339 e. The molecule has 0 bridgehead atoms. The van der Waals surface area contributed by atoms with Gasteiger partial charge in [-0.25, -0.2) is 4.79 Å². The Bertz CT molecular complexity index is 337. The fourth-order valence-corrected chi connectivity index (χ4v) is 1.12. The van der Waals surface area contributed by atoms with Crippen LogP contribution in [0.5, 0.6) is 5.75 Å². The molecule has 0 aliphatic carbocycles. The molecule has 1 N–H and O–H groups in total. The predicted molar refractivity (Wildman–Crippen MR) is 56.7 cm³/mol. The number of rotatable bonds is 7. The number of methoxy groups -OCH3 is 1. The molecule has 16 heavy (non-hydrogen) atoms. The van der Waals surface area contributed by atoms with Gasteiger partial charge in [-0.15, -0.1) is 0 Å². The van der Waals surface area contributed by atoms with E-state index in [-0.39, 0.29) is 19.0 Å². The van der Waals surface area contributed by atoms with Gasteiger partial charge >= 0.3 is 5.97 Å². The van der Waals surface area contributed by atoms with Crippen molar-refractivity contribution < 1.29 is 24.1 Å². The van der Waals surface area contributed by atoms with Crippen molar-refractivity contribution in [1.82, 2.24) is 0 Å². The molecule has 0 heterocycles. The second-order valence-electron chi connectivity index (χ2n) is 2.96. The summed E-state index contributed by atoms with van der Waals surface area (Å²) >= 11 is 0. The van der Waals surface area contributed by atoms with E-state index in [1.807, 2.05) is 0 Å². The van der Waals surface area contributed by atoms with Gasteiger partial charge < -0.3 is 19.3 Å². The lowest BCUT2D eigenvalue weighted by molar-refractivity contribution is -0.0388. The molecule has 0 aliphatic rings. The summed E-state index contributed by atoms with van der Waals surface area (Å²) in [7, 11) is 1.53. The number of carbonyl (C=O) groups is 1. The zero-order chi connectivity index (χ0) is 11.8. The zero-order valence-electron chi connectivity index (χ0n) is 9.01. The zero-order valence-corrected chi connectivity index (χ0v) is 9.01. The van der Waals surface area contributed by atoms with E-state index in [9.17, 15) is 4.79 Å². The van der Waals surface area contributed by atoms with Crippen LogP contribution in [0.4, 0.5) is 0 Å². The molecule has 1 rings (SSSR count). The van der Waals surface area contributed by atoms with Crippen LogP contribution in [-0.2, 0) is 9.47 Å². The molecule has 0 aliphatic heterocycles. The van der Waals surface area contributed by atoms with E-state index < -0.39 is 5.97 Å². The first-order chi connectivity index (χ1) is 7.75. The average molecular weight is 226 g/mol. The molecule has 0 unspecified atom stereocenters. The Labute approximate surface area is 93.6 Å². The van der Waals surface area contributed by atoms with Crippen molar-refractivity contribution in [2.75, 3.05) is 27.1 Å². The van der Waals surface area contributed by atoms with Crippen molar-refractivity contribution in [3.63, 3.8) is 0 Å². The molecular weight excluding hydrogens is 212 g/mol. The fraction of sp³-hybridized carbons (Fsp3) is 0.364. The normalized spacial score (nSPS) is 10.1. The van der Waals surface area contributed by atoms with Gasteiger partial charge in [0.15, 0.2) is 0 Å². The first-order valence-electron chi connectivity index (χ1n) is 4.77. The third kappa shape index (κ3) is 3.88. The van der Waals surface area contributed by atoms with Crippen molar-refractivity contribution in [3.8, 4) is 5.75 Å². The molecule has 0 saturated carbocycles. The quantitative estimate of drug-likeness (QED) is 0.562. The SMILES string of the molecule is COCOCCOc1ccccc1C(=O)O. The predicted octanol–water partition coefficient (Wildman–Crippen LogP) is 1.38. The van der Waals surface area contributed by atoms with Crippen LogP contribution < -0.4 is 4.74 Å². The molecule has 0 atom stereocenters. The number of ether oxygens (including phenoxy) is 3. The summed E-state index contributed by atoms with van der Waals surface area (Å²) in [6.07, 6.45) is 0. The monoisotopic (exact) mass is 226 g/mol. The van der Waals surface area contributed by atoms with Gasteiger partial charge in [0.25, 0.3) is 0 Å². The minimum Gasteiger partial charge on any atom is -0.490 e. The molecule has 0 saturated heterocycles. The number of hydrogen-bond acceptors (Lipinski definition) is 4. The molecule has 0 fully saturated rings. The number of hydrogen-bond donors (Lipinski definition) is 1. The summed E-state index contributed by atoms with van der Waals surface area (Å²) in [6, 6.07) is 6.48. The van der Waals surface area contributed by atoms with Gasteiger partial charge in [0.1, 0.15) is 24.7 Å². The summed E-state index contributed by atoms with van der Waals surface area (Å²) < 4.78 is 15.0. The van der Waals surface area contributed by atoms with E-state index in [0.29, 0.717) is 12.4 Å². The van der Waals surface area contributed by atoms with Crippen LogP contribution >= 0.6 is 0 Å². The summed E-state index contributed by atoms with van der Waals surface area (Å²) in [5.41, 5.74) is 0.147. The van der Waals surface area contributed by atoms with Gasteiger partial charge in [-0.1, -0.05) is 12.1 Å². The number of carboxylic acids is 1. The standard InChI is InChI=1S/C11H14O5/c1-14-8-15-6-7-16-10-5-3-2-4-9(10)11(12)13/h2-5H,6-8H2,1H3,(H,12,13). The smallest absolute Gasteiger partial charge is 0.339 e. The molecule has 1 aromatic carbocycles. The summed E-state index contributed by atoms with van der Waals surface area (Å²) in [5, 5.41) is 8.88. The van der Waals surface area contributed by atoms with E-state index >= 15 is 0 Å². The van der Waals surface area contributed by atoms with Gasteiger partial charge in [-0.2, -0.15) is 0 Å². The number of carboxylic acid groups (broad SMARTS) is 1. The highest BCUT2D eigenvalue weighted by molar-refractivity contribution is 5.90. The Kier molecular flexibility index (Phi) is 5.31. The van der Waals surface area contributed by atoms with Crippen molar-refractivity contribution in [2.45, 2.75) is 0 Å². The largest absolute Gasteiger partial charge is 0.490 e. The fourth-order valence-electron chi connectivity index (χ4n) is 1.12. The molecule has 5 nitrogen and oxygen atoms in total. The average Bonchev–Trinajstić information content (AvgIpc) is 2.29. The third-order valence-corrected chi connectivity index (χ3v) is 1.80. The maximum absolute atomic E-state index is 10.8. The molecule has 0 spiro atoms. The Morgan fingerprint density at radius 3 is 2.75 bits per heavy atom. The topological polar surface area (TPSA) is 65.0 Å². The van der Waals surface area contributed by atoms with Crippen molar-refractivity contribution in [1.29, 1.82) is 0 Å². The summed E-state index contributed by atoms with van der Waals surface area (Å²) in [4.78, 5) is 10.8. The van der Waals surface area contributed by atoms with E-state index in [0.717, 1.165) is 0 Å². The van der Waals surface area contributed by atoms with Crippen LogP contribution in [-0.4, -0.2) is 38.2 Å². The van der Waals surface area contributed by atoms with Gasteiger partial charge in [0, 0.05) is 7.11 Å². The van der Waals surface area contributed by atoms with E-state index in [2.05, 4.69) is 4.74 Å². The van der Waals surface area contributed by atoms with Crippen LogP contribution in [0.2, 0.25) is 0 Å². The molecular formula is C11H14O5. The molecule has 0 amide bonds. The number of para-hydroxylation sites is 1. The second-order valence-corrected chi connectivity index (χ2v) is 2.96. The maximum atomic E-state index is 10.8. The van der Waals surface area contributed by atoms with Crippen molar-refractivity contribution in [2.24, 2.45) is 0 Å². The van der Waals surface area contributed by atoms with Gasteiger partial charge in [-0.3, -0.25) is 0 Å². The molecule has 88 valence electrons. The van der Waals surface area contributed by atoms with Gasteiger partial charge in [0.05, 0.1) is 6.61 Å². The van der Waals surface area contributed by atoms with Crippen molar-refractivity contribution in [3.05, 3.63) is 29.8 Å². The number of benzene rings is 1. The Balaban J connectivity index is 2.44. The minimum atomic E-state index is -1.01. The molecule has 1 aromatic rings. The lowest BCUT2D eigenvalue weighted by atomic mass is 10.2. The second kappa shape index (κ2) is 6.81. The summed E-state index contributed by atoms with van der Waals surface area (Å²) in [6.45, 7) is 0.833. The Hall–Kier alpha value is -1.59. The highest BCUT2D eigenvalue weighted by Gasteiger charge is 2.09. The van der Waals surface area contributed by atoms with E-state index in [1.165, 1.54) is 13.2 Å². The Morgan fingerprint density at radius 1 is 1.31 bits per heavy atom. The van der Waals surface area contributed by atoms with Gasteiger partial charge in [-0.05, 0) is 12.1 Å². The molecule has 0 radical (unpaired) electrons. The molecule has 5 heteroatoms. The van der Waals surface area contributed by atoms with Crippen LogP contribution in [0.1, 0.15) is 10.4 Å². The lowest BCUT2D eigenvalue weighted by Gasteiger charge is -2.08. The van der Waals surface area contributed by atoms with Gasteiger partial charge in [0.2, 0.25) is 0 Å². The third-order valence-electron chi connectivity index (χ3n) is 1.80. The van der Waals surface area contributed by atoms with E-state index in [1.54, 1.807) is 18.2 Å². The van der Waals surface area contributed by atoms with Crippen LogP contribution in [0.15, 0.2) is 24.3 Å². The van der Waals surface area contributed by atoms with Crippen LogP contribution in [0, 0.1) is 0 Å². The lowest BCUT2D eigenvalue weighted by Crippen LogP contribution is -2.10. The van der Waals surface area contributed by atoms with Crippen molar-refractivity contribution >= 4 is 5.97 Å². The van der Waals surface area contributed by atoms with Crippen LogP contribution in [0.3, 0.4) is 0 Å². The number of aromatic carboxylic acids is 1. The highest BCUT2D eigenvalue weighted by atomic mass is 16.7. The summed E-state index contributed by atoms with van der Waals surface area (Å²) in [5.74, 6) is -0.663. The molecule has 0 aromatic heterocycles. The highest BCUT2D eigenvalue weighted by Crippen LogP contribution is 2.17. The first kappa shape index (κ1) is 12.5.